The molecule has 2 N–H and O–H groups in total. The van der Waals surface area contributed by atoms with Crippen molar-refractivity contribution < 1.29 is 47.2 Å². The summed E-state index contributed by atoms with van der Waals surface area (Å²) in [5.41, 5.74) is 0. The number of hydrogen-bond acceptors (Lipinski definition) is 8. The number of aliphatic hydroxyl groups excluding tert-OH is 1. The highest BCUT2D eigenvalue weighted by Crippen LogP contribution is 2.43. The van der Waals surface area contributed by atoms with Gasteiger partial charge in [0.05, 0.1) is 33.9 Å². The van der Waals surface area contributed by atoms with E-state index in [1.165, 1.54) is 96.3 Å². The van der Waals surface area contributed by atoms with E-state index in [0.717, 1.165) is 44.9 Å². The molecule has 0 rings (SSSR count). The van der Waals surface area contributed by atoms with E-state index in [1.807, 2.05) is 52.4 Å². The molecule has 0 aromatic heterocycles. The average Bonchev–Trinajstić information content (AvgIpc) is 3.21. The predicted octanol–water partition coefficient (Wildman–Crippen LogP) is 13.0. The van der Waals surface area contributed by atoms with Crippen molar-refractivity contribution in [1.82, 2.24) is 0 Å². The molecule has 11 heteroatoms. The summed E-state index contributed by atoms with van der Waals surface area (Å²) in [7, 11) is 1.42. The Morgan fingerprint density at radius 3 is 1.57 bits per heavy atom. The Morgan fingerprint density at radius 2 is 1.07 bits per heavy atom. The zero-order chi connectivity index (χ0) is 45.1. The fourth-order valence-corrected chi connectivity index (χ4v) is 7.04. The summed E-state index contributed by atoms with van der Waals surface area (Å²) in [6, 6.07) is 0. The summed E-state index contributed by atoms with van der Waals surface area (Å²) in [5, 5.41) is 9.49. The standard InChI is InChI=1S/C50H90NO9P/c1-6-8-9-10-11-12-13-14-15-16-17-18-19-24-27-30-33-36-39-42-50(54)60-48(46-59-61(55,56)58-44-43-51(3,4)5)45-57-49(53)41-38-35-32-29-26-23-21-20-22-25-28-31-34-37-40-47(52)7-2/h21-23,25,29,31-32,34,37,40,47-48,52H,6-20,24,26-28,30,33,35-36,38-39,41-46H2,1-5H3/p+1/b23-21-,25-22-,32-29-,34-31-,40-37+/t47-,48+/m0/s1. The van der Waals surface area contributed by atoms with Crippen LogP contribution in [0.5, 0.6) is 0 Å². The number of allylic oxidation sites excluding steroid dienone is 9. The lowest BCUT2D eigenvalue weighted by Gasteiger charge is -2.24. The first kappa shape index (κ1) is 58.7. The molecule has 0 aliphatic heterocycles. The molecule has 0 aliphatic carbocycles. The van der Waals surface area contributed by atoms with Gasteiger partial charge < -0.3 is 24.0 Å². The van der Waals surface area contributed by atoms with Gasteiger partial charge in [-0.05, 0) is 44.9 Å². The van der Waals surface area contributed by atoms with E-state index in [-0.39, 0.29) is 32.2 Å². The van der Waals surface area contributed by atoms with Crippen molar-refractivity contribution in [3.63, 3.8) is 0 Å². The first-order valence-electron chi connectivity index (χ1n) is 24.1. The smallest absolute Gasteiger partial charge is 0.462 e. The third-order valence-electron chi connectivity index (χ3n) is 10.2. The van der Waals surface area contributed by atoms with Crippen molar-refractivity contribution in [2.24, 2.45) is 0 Å². The number of unbranched alkanes of at least 4 members (excludes halogenated alkanes) is 19. The second-order valence-corrected chi connectivity index (χ2v) is 18.8. The molecule has 0 saturated heterocycles. The van der Waals surface area contributed by atoms with E-state index in [9.17, 15) is 24.2 Å². The SMILES string of the molecule is CCCCCCCCCCCCCCCCCCCCCC(=O)O[C@H](COC(=O)CCC/C=C\C/C=C\C/C=C\C/C=C\C=C\[C@@H](O)CC)COP(=O)(O)OCC[N+](C)(C)C. The highest BCUT2D eigenvalue weighted by atomic mass is 31.2. The first-order valence-corrected chi connectivity index (χ1v) is 25.6. The maximum Gasteiger partial charge on any atom is 0.472 e. The zero-order valence-corrected chi connectivity index (χ0v) is 40.4. The van der Waals surface area contributed by atoms with Crippen LogP contribution in [0.15, 0.2) is 60.8 Å². The summed E-state index contributed by atoms with van der Waals surface area (Å²) in [6.07, 6.45) is 48.0. The average molecular weight is 881 g/mol. The number of hydrogen-bond donors (Lipinski definition) is 2. The Hall–Kier alpha value is -2.33. The van der Waals surface area contributed by atoms with Gasteiger partial charge in [0.2, 0.25) is 0 Å². The van der Waals surface area contributed by atoms with Gasteiger partial charge in [-0.15, -0.1) is 0 Å². The lowest BCUT2D eigenvalue weighted by Crippen LogP contribution is -2.37. The molecule has 0 aromatic carbocycles. The van der Waals surface area contributed by atoms with Crippen LogP contribution in [-0.2, 0) is 32.7 Å². The van der Waals surface area contributed by atoms with Gasteiger partial charge in [-0.2, -0.15) is 0 Å². The summed E-state index contributed by atoms with van der Waals surface area (Å²) in [6.45, 7) is 4.03. The number of carbonyl (C=O) groups excluding carboxylic acids is 2. The Bertz CT molecular complexity index is 1240. The number of quaternary nitrogens is 1. The molecule has 3 atom stereocenters. The predicted molar refractivity (Wildman–Crippen MR) is 253 cm³/mol. The normalized spacial score (nSPS) is 14.5. The maximum atomic E-state index is 12.7. The van der Waals surface area contributed by atoms with E-state index in [2.05, 4.69) is 37.3 Å². The first-order chi connectivity index (χ1) is 29.4. The molecule has 0 spiro atoms. The van der Waals surface area contributed by atoms with Crippen LogP contribution in [0.2, 0.25) is 0 Å². The van der Waals surface area contributed by atoms with Crippen molar-refractivity contribution in [3.8, 4) is 0 Å². The van der Waals surface area contributed by atoms with Gasteiger partial charge in [0, 0.05) is 12.8 Å². The fraction of sp³-hybridized carbons (Fsp3) is 0.760. The Morgan fingerprint density at radius 1 is 0.590 bits per heavy atom. The molecule has 0 saturated carbocycles. The van der Waals surface area contributed by atoms with Crippen molar-refractivity contribution >= 4 is 19.8 Å². The van der Waals surface area contributed by atoms with Crippen LogP contribution in [0.3, 0.4) is 0 Å². The minimum absolute atomic E-state index is 0.0158. The van der Waals surface area contributed by atoms with Gasteiger partial charge in [-0.1, -0.05) is 190 Å². The summed E-state index contributed by atoms with van der Waals surface area (Å²) < 4.78 is 34.3. The van der Waals surface area contributed by atoms with Gasteiger partial charge >= 0.3 is 19.8 Å². The van der Waals surface area contributed by atoms with Crippen LogP contribution in [0, 0.1) is 0 Å². The van der Waals surface area contributed by atoms with Gasteiger partial charge in [0.1, 0.15) is 19.8 Å². The fourth-order valence-electron chi connectivity index (χ4n) is 6.30. The van der Waals surface area contributed by atoms with Gasteiger partial charge in [0.15, 0.2) is 6.10 Å². The monoisotopic (exact) mass is 881 g/mol. The van der Waals surface area contributed by atoms with E-state index in [0.29, 0.717) is 30.3 Å². The quantitative estimate of drug-likeness (QED) is 0.0154. The maximum absolute atomic E-state index is 12.7. The second-order valence-electron chi connectivity index (χ2n) is 17.3. The van der Waals surface area contributed by atoms with Crippen molar-refractivity contribution in [1.29, 1.82) is 0 Å². The second kappa shape index (κ2) is 41.7. The third kappa shape index (κ3) is 45.5. The van der Waals surface area contributed by atoms with Crippen LogP contribution in [-0.4, -0.2) is 86.1 Å². The number of rotatable bonds is 43. The summed E-state index contributed by atoms with van der Waals surface area (Å²) in [4.78, 5) is 35.4. The van der Waals surface area contributed by atoms with Crippen molar-refractivity contribution in [2.45, 2.75) is 199 Å². The van der Waals surface area contributed by atoms with Crippen LogP contribution in [0.1, 0.15) is 187 Å². The summed E-state index contributed by atoms with van der Waals surface area (Å²) >= 11 is 0. The minimum atomic E-state index is -4.40. The molecule has 1 unspecified atom stereocenters. The van der Waals surface area contributed by atoms with E-state index >= 15 is 0 Å². The number of nitrogens with zero attached hydrogens (tertiary/aromatic N) is 1. The largest absolute Gasteiger partial charge is 0.472 e. The third-order valence-corrected chi connectivity index (χ3v) is 11.2. The molecular weight excluding hydrogens is 790 g/mol. The molecule has 0 fully saturated rings. The van der Waals surface area contributed by atoms with Gasteiger partial charge in [-0.3, -0.25) is 18.6 Å². The molecule has 0 radical (unpaired) electrons. The zero-order valence-electron chi connectivity index (χ0n) is 39.5. The van der Waals surface area contributed by atoms with Crippen molar-refractivity contribution in [3.05, 3.63) is 60.8 Å². The highest BCUT2D eigenvalue weighted by molar-refractivity contribution is 7.47. The summed E-state index contributed by atoms with van der Waals surface area (Å²) in [5.74, 6) is -0.883. The van der Waals surface area contributed by atoms with Crippen LogP contribution >= 0.6 is 7.82 Å². The molecule has 61 heavy (non-hydrogen) atoms. The van der Waals surface area contributed by atoms with E-state index < -0.39 is 32.5 Å². The number of esters is 2. The van der Waals surface area contributed by atoms with Crippen LogP contribution < -0.4 is 0 Å². The number of phosphoric acid groups is 1. The lowest BCUT2D eigenvalue weighted by molar-refractivity contribution is -0.870. The Kier molecular flexibility index (Phi) is 40.1. The van der Waals surface area contributed by atoms with Gasteiger partial charge in [-0.25, -0.2) is 4.57 Å². The molecule has 354 valence electrons. The van der Waals surface area contributed by atoms with Crippen molar-refractivity contribution in [2.75, 3.05) is 47.5 Å². The Labute approximate surface area is 373 Å². The number of ether oxygens (including phenoxy) is 2. The minimum Gasteiger partial charge on any atom is -0.462 e. The molecule has 0 bridgehead atoms. The molecule has 0 amide bonds. The highest BCUT2D eigenvalue weighted by Gasteiger charge is 2.27. The van der Waals surface area contributed by atoms with Gasteiger partial charge in [0.25, 0.3) is 0 Å². The topological polar surface area (TPSA) is 129 Å². The molecule has 0 aliphatic rings. The van der Waals surface area contributed by atoms with E-state index in [1.54, 1.807) is 6.08 Å². The molecule has 0 heterocycles. The lowest BCUT2D eigenvalue weighted by atomic mass is 10.0. The molecular formula is C50H91NO9P+. The van der Waals surface area contributed by atoms with Crippen LogP contribution in [0.4, 0.5) is 0 Å². The number of phosphoric ester groups is 1. The molecule has 10 nitrogen and oxygen atoms in total. The Balaban J connectivity index is 4.38. The number of aliphatic hydroxyl groups is 1. The van der Waals surface area contributed by atoms with Crippen LogP contribution in [0.25, 0.3) is 0 Å². The number of likely N-dealkylation sites (N-methyl/N-ethyl adjacent to an activating group) is 1. The number of carbonyl (C=O) groups is 2. The van der Waals surface area contributed by atoms with E-state index in [4.69, 9.17) is 18.5 Å². The molecule has 0 aromatic rings.